The van der Waals surface area contributed by atoms with Crippen molar-refractivity contribution < 1.29 is 27.9 Å². The summed E-state index contributed by atoms with van der Waals surface area (Å²) in [5.74, 6) is -3.40. The Hall–Kier alpha value is -0.920. The van der Waals surface area contributed by atoms with Gasteiger partial charge in [-0.05, 0) is 18.3 Å². The van der Waals surface area contributed by atoms with Crippen molar-refractivity contribution in [2.75, 3.05) is 11.5 Å². The molecule has 8 heteroatoms. The number of aliphatic carboxylic acids is 1. The van der Waals surface area contributed by atoms with Crippen molar-refractivity contribution in [3.05, 3.63) is 0 Å². The van der Waals surface area contributed by atoms with E-state index >= 15 is 0 Å². The zero-order valence-electron chi connectivity index (χ0n) is 11.7. The number of halogens is 3. The minimum absolute atomic E-state index is 0.0799. The van der Waals surface area contributed by atoms with Gasteiger partial charge in [-0.25, -0.2) is 4.79 Å². The highest BCUT2D eigenvalue weighted by Crippen LogP contribution is 2.22. The van der Waals surface area contributed by atoms with Gasteiger partial charge in [0.05, 0.1) is 11.5 Å². The van der Waals surface area contributed by atoms with Crippen LogP contribution < -0.4 is 5.32 Å². The SMILES string of the molecule is CC(C)(C)CCC(NC(=O)CSCC(F)(F)F)C(=O)O. The van der Waals surface area contributed by atoms with Crippen molar-refractivity contribution in [2.24, 2.45) is 5.41 Å². The fourth-order valence-corrected chi connectivity index (χ4v) is 1.93. The molecule has 1 amide bonds. The van der Waals surface area contributed by atoms with Gasteiger partial charge in [-0.15, -0.1) is 11.8 Å². The van der Waals surface area contributed by atoms with E-state index in [-0.39, 0.29) is 11.8 Å². The molecule has 0 saturated heterocycles. The van der Waals surface area contributed by atoms with Crippen LogP contribution in [0, 0.1) is 5.41 Å². The molecule has 0 aliphatic heterocycles. The molecular formula is C12H20F3NO3S. The van der Waals surface area contributed by atoms with Crippen LogP contribution in [0.25, 0.3) is 0 Å². The maximum Gasteiger partial charge on any atom is 0.397 e. The third-order valence-electron chi connectivity index (χ3n) is 2.32. The molecule has 0 heterocycles. The summed E-state index contributed by atoms with van der Waals surface area (Å²) in [6, 6.07) is -1.06. The van der Waals surface area contributed by atoms with Gasteiger partial charge in [0.15, 0.2) is 0 Å². The number of carboxylic acid groups (broad SMARTS) is 1. The Morgan fingerprint density at radius 3 is 2.20 bits per heavy atom. The molecule has 0 bridgehead atoms. The number of amides is 1. The summed E-state index contributed by atoms with van der Waals surface area (Å²) in [4.78, 5) is 22.4. The minimum atomic E-state index is -4.33. The number of alkyl halides is 3. The molecule has 4 nitrogen and oxygen atoms in total. The Balaban J connectivity index is 4.18. The fourth-order valence-electron chi connectivity index (χ4n) is 1.33. The van der Waals surface area contributed by atoms with Crippen LogP contribution in [-0.2, 0) is 9.59 Å². The zero-order chi connectivity index (χ0) is 16.0. The second-order valence-electron chi connectivity index (χ2n) is 5.67. The molecule has 0 rings (SSSR count). The van der Waals surface area contributed by atoms with Crippen LogP contribution in [0.3, 0.4) is 0 Å². The lowest BCUT2D eigenvalue weighted by Gasteiger charge is -2.21. The third-order valence-corrected chi connectivity index (χ3v) is 3.31. The van der Waals surface area contributed by atoms with E-state index in [1.54, 1.807) is 0 Å². The number of carbonyl (C=O) groups excluding carboxylic acids is 1. The second-order valence-corrected chi connectivity index (χ2v) is 6.65. The monoisotopic (exact) mass is 315 g/mol. The molecule has 0 aromatic carbocycles. The first-order valence-electron chi connectivity index (χ1n) is 6.07. The van der Waals surface area contributed by atoms with E-state index < -0.39 is 35.6 Å². The van der Waals surface area contributed by atoms with Crippen molar-refractivity contribution in [3.8, 4) is 0 Å². The summed E-state index contributed by atoms with van der Waals surface area (Å²) >= 11 is 0.416. The van der Waals surface area contributed by atoms with Crippen molar-refractivity contribution in [3.63, 3.8) is 0 Å². The van der Waals surface area contributed by atoms with Gasteiger partial charge < -0.3 is 10.4 Å². The van der Waals surface area contributed by atoms with E-state index in [4.69, 9.17) is 5.11 Å². The molecule has 0 saturated carbocycles. The topological polar surface area (TPSA) is 66.4 Å². The smallest absolute Gasteiger partial charge is 0.397 e. The molecule has 0 radical (unpaired) electrons. The summed E-state index contributed by atoms with van der Waals surface area (Å²) in [5, 5.41) is 11.2. The van der Waals surface area contributed by atoms with Gasteiger partial charge in [0, 0.05) is 0 Å². The predicted octanol–water partition coefficient (Wildman–Crippen LogP) is 2.68. The molecule has 0 aliphatic rings. The van der Waals surface area contributed by atoms with Gasteiger partial charge >= 0.3 is 12.1 Å². The molecule has 0 fully saturated rings. The summed E-state index contributed by atoms with van der Waals surface area (Å²) < 4.78 is 35.7. The van der Waals surface area contributed by atoms with Gasteiger partial charge in [0.25, 0.3) is 0 Å². The summed E-state index contributed by atoms with van der Waals surface area (Å²) in [6.45, 7) is 5.81. The Bertz CT molecular complexity index is 340. The largest absolute Gasteiger partial charge is 0.480 e. The maximum atomic E-state index is 11.9. The van der Waals surface area contributed by atoms with Gasteiger partial charge in [0.2, 0.25) is 5.91 Å². The Labute approximate surface area is 120 Å². The van der Waals surface area contributed by atoms with Crippen LogP contribution >= 0.6 is 11.8 Å². The average molecular weight is 315 g/mol. The van der Waals surface area contributed by atoms with Crippen LogP contribution in [0.15, 0.2) is 0 Å². The maximum absolute atomic E-state index is 11.9. The van der Waals surface area contributed by atoms with Gasteiger partial charge in [0.1, 0.15) is 6.04 Å². The summed E-state index contributed by atoms with van der Waals surface area (Å²) in [7, 11) is 0. The first-order valence-corrected chi connectivity index (χ1v) is 7.23. The van der Waals surface area contributed by atoms with Crippen molar-refractivity contribution >= 4 is 23.6 Å². The molecular weight excluding hydrogens is 295 g/mol. The Kier molecular flexibility index (Phi) is 7.40. The van der Waals surface area contributed by atoms with Gasteiger partial charge in [-0.2, -0.15) is 13.2 Å². The quantitative estimate of drug-likeness (QED) is 0.758. The molecule has 2 N–H and O–H groups in total. The van der Waals surface area contributed by atoms with E-state index in [2.05, 4.69) is 5.32 Å². The Morgan fingerprint density at radius 2 is 1.80 bits per heavy atom. The van der Waals surface area contributed by atoms with Crippen LogP contribution in [0.1, 0.15) is 33.6 Å². The highest BCUT2D eigenvalue weighted by molar-refractivity contribution is 8.00. The van der Waals surface area contributed by atoms with Crippen molar-refractivity contribution in [1.29, 1.82) is 0 Å². The number of rotatable bonds is 7. The number of carbonyl (C=O) groups is 2. The molecule has 0 aromatic heterocycles. The van der Waals surface area contributed by atoms with Crippen LogP contribution in [0.5, 0.6) is 0 Å². The minimum Gasteiger partial charge on any atom is -0.480 e. The average Bonchev–Trinajstić information content (AvgIpc) is 2.20. The van der Waals surface area contributed by atoms with E-state index in [0.717, 1.165) is 0 Å². The molecule has 1 unspecified atom stereocenters. The van der Waals surface area contributed by atoms with Crippen LogP contribution in [0.4, 0.5) is 13.2 Å². The first-order chi connectivity index (χ1) is 8.91. The van der Waals surface area contributed by atoms with Gasteiger partial charge in [-0.3, -0.25) is 4.79 Å². The lowest BCUT2D eigenvalue weighted by atomic mass is 9.88. The Morgan fingerprint density at radius 1 is 1.25 bits per heavy atom. The molecule has 20 heavy (non-hydrogen) atoms. The standard InChI is InChI=1S/C12H20F3NO3S/c1-11(2,3)5-4-8(10(18)19)16-9(17)6-20-7-12(13,14)15/h8H,4-7H2,1-3H3,(H,16,17)(H,18,19). The highest BCUT2D eigenvalue weighted by atomic mass is 32.2. The lowest BCUT2D eigenvalue weighted by Crippen LogP contribution is -2.42. The van der Waals surface area contributed by atoms with E-state index in [9.17, 15) is 22.8 Å². The first kappa shape index (κ1) is 19.1. The third kappa shape index (κ3) is 11.0. The van der Waals surface area contributed by atoms with Crippen LogP contribution in [-0.4, -0.2) is 40.7 Å². The van der Waals surface area contributed by atoms with E-state index in [0.29, 0.717) is 18.2 Å². The molecule has 0 aliphatic carbocycles. The number of nitrogens with one attached hydrogen (secondary N) is 1. The zero-order valence-corrected chi connectivity index (χ0v) is 12.5. The number of thioether (sulfide) groups is 1. The number of carboxylic acids is 1. The molecule has 118 valence electrons. The second kappa shape index (κ2) is 7.75. The normalized spacial score (nSPS) is 13.9. The van der Waals surface area contributed by atoms with Gasteiger partial charge in [-0.1, -0.05) is 20.8 Å². The number of hydrogen-bond acceptors (Lipinski definition) is 3. The highest BCUT2D eigenvalue weighted by Gasteiger charge is 2.28. The molecule has 1 atom stereocenters. The van der Waals surface area contributed by atoms with E-state index in [1.165, 1.54) is 0 Å². The summed E-state index contributed by atoms with van der Waals surface area (Å²) in [5.41, 5.74) is -0.0799. The van der Waals surface area contributed by atoms with E-state index in [1.807, 2.05) is 20.8 Å². The molecule has 0 spiro atoms. The predicted molar refractivity (Wildman–Crippen MR) is 71.6 cm³/mol. The number of hydrogen-bond donors (Lipinski definition) is 2. The molecule has 0 aromatic rings. The summed E-state index contributed by atoms with van der Waals surface area (Å²) in [6.07, 6.45) is -3.50. The van der Waals surface area contributed by atoms with Crippen molar-refractivity contribution in [2.45, 2.75) is 45.8 Å². The lowest BCUT2D eigenvalue weighted by molar-refractivity contribution is -0.141. The van der Waals surface area contributed by atoms with Crippen LogP contribution in [0.2, 0.25) is 0 Å². The van der Waals surface area contributed by atoms with Crippen molar-refractivity contribution in [1.82, 2.24) is 5.32 Å². The fraction of sp³-hybridized carbons (Fsp3) is 0.833.